The smallest absolute Gasteiger partial charge is 0.325 e. The summed E-state index contributed by atoms with van der Waals surface area (Å²) in [4.78, 5) is 44.3. The zero-order valence-corrected chi connectivity index (χ0v) is 16.8. The third-order valence-corrected chi connectivity index (χ3v) is 6.72. The van der Waals surface area contributed by atoms with Crippen molar-refractivity contribution in [3.05, 3.63) is 0 Å². The Labute approximate surface area is 166 Å². The Morgan fingerprint density at radius 3 is 2.64 bits per heavy atom. The van der Waals surface area contributed by atoms with Gasteiger partial charge in [-0.25, -0.2) is 4.79 Å². The number of piperidine rings is 2. The number of carbonyl (C=O) groups is 3. The molecule has 0 radical (unpaired) electrons. The van der Waals surface area contributed by atoms with E-state index in [0.29, 0.717) is 32.5 Å². The molecule has 4 aliphatic heterocycles. The van der Waals surface area contributed by atoms with Crippen molar-refractivity contribution in [3.63, 3.8) is 0 Å². The minimum atomic E-state index is -0.748. The lowest BCUT2D eigenvalue weighted by Gasteiger charge is -2.39. The number of hydrogen-bond acceptors (Lipinski definition) is 5. The van der Waals surface area contributed by atoms with Crippen LogP contribution in [0.4, 0.5) is 4.79 Å². The second-order valence-electron chi connectivity index (χ2n) is 8.61. The first-order chi connectivity index (χ1) is 13.5. The molecule has 0 saturated carbocycles. The molecule has 4 aliphatic rings. The molecular weight excluding hydrogens is 360 g/mol. The van der Waals surface area contributed by atoms with Crippen molar-refractivity contribution in [2.75, 3.05) is 39.3 Å². The van der Waals surface area contributed by atoms with E-state index in [1.807, 2.05) is 0 Å². The lowest BCUT2D eigenvalue weighted by molar-refractivity contribution is -0.145. The Hall–Kier alpha value is -1.67. The fourth-order valence-corrected chi connectivity index (χ4v) is 5.13. The maximum absolute atomic E-state index is 13.3. The van der Waals surface area contributed by atoms with Gasteiger partial charge in [0.25, 0.3) is 11.8 Å². The highest BCUT2D eigenvalue weighted by Crippen LogP contribution is 2.32. The molecule has 0 aromatic heterocycles. The molecule has 8 nitrogen and oxygen atoms in total. The molecule has 8 heteroatoms. The normalized spacial score (nSPS) is 30.9. The van der Waals surface area contributed by atoms with Gasteiger partial charge in [-0.05, 0) is 51.5 Å². The monoisotopic (exact) mass is 392 g/mol. The quantitative estimate of drug-likeness (QED) is 0.721. The molecule has 0 bridgehead atoms. The molecule has 1 spiro atoms. The van der Waals surface area contributed by atoms with Gasteiger partial charge >= 0.3 is 6.03 Å². The number of nitrogens with zero attached hydrogens (tertiary/aromatic N) is 3. The predicted octanol–water partition coefficient (Wildman–Crippen LogP) is 0.953. The standard InChI is InChI=1S/C20H32N4O4/c1-2-9-22-11-7-20(8-12-22)18(26)24(19(27)21-20)15-5-3-10-23(14-15)17(25)16-6-4-13-28-16/h15-16H,2-14H2,1H3,(H,21,27)/t15-,16+/m1/s1. The van der Waals surface area contributed by atoms with Gasteiger partial charge in [0.15, 0.2) is 0 Å². The van der Waals surface area contributed by atoms with Crippen LogP contribution in [0.25, 0.3) is 0 Å². The van der Waals surface area contributed by atoms with Crippen molar-refractivity contribution in [2.24, 2.45) is 0 Å². The van der Waals surface area contributed by atoms with Gasteiger partial charge in [-0.2, -0.15) is 0 Å². The van der Waals surface area contributed by atoms with Crippen LogP contribution in [0, 0.1) is 0 Å². The third kappa shape index (κ3) is 3.52. The van der Waals surface area contributed by atoms with E-state index in [1.54, 1.807) is 4.90 Å². The first kappa shape index (κ1) is 19.6. The van der Waals surface area contributed by atoms with Gasteiger partial charge in [-0.3, -0.25) is 14.5 Å². The highest BCUT2D eigenvalue weighted by atomic mass is 16.5. The van der Waals surface area contributed by atoms with Crippen LogP contribution in [-0.4, -0.2) is 89.6 Å². The fourth-order valence-electron chi connectivity index (χ4n) is 5.13. The summed E-state index contributed by atoms with van der Waals surface area (Å²) in [6.45, 7) is 6.60. The zero-order chi connectivity index (χ0) is 19.7. The second kappa shape index (κ2) is 7.99. The molecule has 28 heavy (non-hydrogen) atoms. The molecular formula is C20H32N4O4. The van der Waals surface area contributed by atoms with E-state index in [9.17, 15) is 14.4 Å². The maximum Gasteiger partial charge on any atom is 0.325 e. The van der Waals surface area contributed by atoms with Crippen molar-refractivity contribution < 1.29 is 19.1 Å². The summed E-state index contributed by atoms with van der Waals surface area (Å²) in [5, 5.41) is 3.01. The lowest BCUT2D eigenvalue weighted by atomic mass is 9.87. The average Bonchev–Trinajstić information content (AvgIpc) is 3.31. The van der Waals surface area contributed by atoms with Crippen molar-refractivity contribution in [1.29, 1.82) is 0 Å². The SMILES string of the molecule is CCCN1CCC2(CC1)NC(=O)N([C@@H]1CCCN(C(=O)[C@@H]3CCCO3)C1)C2=O. The van der Waals surface area contributed by atoms with E-state index in [2.05, 4.69) is 17.1 Å². The first-order valence-electron chi connectivity index (χ1n) is 10.8. The third-order valence-electron chi connectivity index (χ3n) is 6.72. The van der Waals surface area contributed by atoms with Crippen LogP contribution in [0.15, 0.2) is 0 Å². The highest BCUT2D eigenvalue weighted by Gasteiger charge is 2.54. The van der Waals surface area contributed by atoms with Crippen molar-refractivity contribution >= 4 is 17.8 Å². The Balaban J connectivity index is 1.41. The number of carbonyl (C=O) groups excluding carboxylic acids is 3. The fraction of sp³-hybridized carbons (Fsp3) is 0.850. The van der Waals surface area contributed by atoms with Gasteiger partial charge in [-0.1, -0.05) is 6.92 Å². The Bertz CT molecular complexity index is 626. The number of hydrogen-bond donors (Lipinski definition) is 1. The molecule has 0 aromatic carbocycles. The summed E-state index contributed by atoms with van der Waals surface area (Å²) in [6.07, 6.45) is 5.31. The number of likely N-dealkylation sites (tertiary alicyclic amines) is 2. The second-order valence-corrected chi connectivity index (χ2v) is 8.61. The number of nitrogens with one attached hydrogen (secondary N) is 1. The molecule has 4 rings (SSSR count). The summed E-state index contributed by atoms with van der Waals surface area (Å²) < 4.78 is 5.54. The number of urea groups is 1. The van der Waals surface area contributed by atoms with Crippen LogP contribution >= 0.6 is 0 Å². The Kier molecular flexibility index (Phi) is 5.60. The molecule has 156 valence electrons. The molecule has 0 aromatic rings. The summed E-state index contributed by atoms with van der Waals surface area (Å²) in [7, 11) is 0. The van der Waals surface area contributed by atoms with Crippen LogP contribution in [-0.2, 0) is 14.3 Å². The number of amides is 4. The van der Waals surface area contributed by atoms with Crippen LogP contribution < -0.4 is 5.32 Å². The topological polar surface area (TPSA) is 82.2 Å². The highest BCUT2D eigenvalue weighted by molar-refractivity contribution is 6.07. The summed E-state index contributed by atoms with van der Waals surface area (Å²) in [5.41, 5.74) is -0.748. The van der Waals surface area contributed by atoms with Crippen molar-refractivity contribution in [2.45, 2.75) is 69.6 Å². The maximum atomic E-state index is 13.3. The molecule has 4 saturated heterocycles. The number of imide groups is 1. The average molecular weight is 393 g/mol. The largest absolute Gasteiger partial charge is 0.368 e. The van der Waals surface area contributed by atoms with Crippen LogP contribution in [0.3, 0.4) is 0 Å². The first-order valence-corrected chi connectivity index (χ1v) is 10.8. The van der Waals surface area contributed by atoms with Crippen LogP contribution in [0.2, 0.25) is 0 Å². The molecule has 0 unspecified atom stereocenters. The van der Waals surface area contributed by atoms with Gasteiger partial charge in [0.2, 0.25) is 0 Å². The molecule has 4 fully saturated rings. The minimum absolute atomic E-state index is 0.0110. The predicted molar refractivity (Wildman–Crippen MR) is 103 cm³/mol. The van der Waals surface area contributed by atoms with Gasteiger partial charge in [0, 0.05) is 32.8 Å². The Morgan fingerprint density at radius 1 is 1.18 bits per heavy atom. The van der Waals surface area contributed by atoms with Gasteiger partial charge in [-0.15, -0.1) is 0 Å². The molecule has 2 atom stereocenters. The van der Waals surface area contributed by atoms with Crippen molar-refractivity contribution in [3.8, 4) is 0 Å². The van der Waals surface area contributed by atoms with E-state index in [4.69, 9.17) is 4.74 Å². The van der Waals surface area contributed by atoms with Gasteiger partial charge in [0.1, 0.15) is 11.6 Å². The summed E-state index contributed by atoms with van der Waals surface area (Å²) in [5.74, 6) is -0.0816. The molecule has 4 heterocycles. The zero-order valence-electron chi connectivity index (χ0n) is 16.8. The molecule has 1 N–H and O–H groups in total. The van der Waals surface area contributed by atoms with E-state index < -0.39 is 5.54 Å². The Morgan fingerprint density at radius 2 is 1.96 bits per heavy atom. The molecule has 4 amide bonds. The van der Waals surface area contributed by atoms with Crippen LogP contribution in [0.1, 0.15) is 51.9 Å². The van der Waals surface area contributed by atoms with E-state index in [1.165, 1.54) is 4.90 Å². The minimum Gasteiger partial charge on any atom is -0.368 e. The van der Waals surface area contributed by atoms with E-state index >= 15 is 0 Å². The summed E-state index contributed by atoms with van der Waals surface area (Å²) in [6, 6.07) is -0.523. The number of ether oxygens (including phenoxy) is 1. The van der Waals surface area contributed by atoms with E-state index in [0.717, 1.165) is 51.7 Å². The summed E-state index contributed by atoms with van der Waals surface area (Å²) >= 11 is 0. The van der Waals surface area contributed by atoms with Gasteiger partial charge in [0.05, 0.1) is 6.04 Å². The van der Waals surface area contributed by atoms with E-state index in [-0.39, 0.29) is 30.0 Å². The molecule has 0 aliphatic carbocycles. The lowest BCUT2D eigenvalue weighted by Crippen LogP contribution is -2.57. The van der Waals surface area contributed by atoms with Crippen molar-refractivity contribution in [1.82, 2.24) is 20.0 Å². The van der Waals surface area contributed by atoms with Crippen LogP contribution in [0.5, 0.6) is 0 Å². The number of rotatable bonds is 4. The van der Waals surface area contributed by atoms with Gasteiger partial charge < -0.3 is 19.9 Å².